The van der Waals surface area contributed by atoms with E-state index in [1.807, 2.05) is 0 Å². The summed E-state index contributed by atoms with van der Waals surface area (Å²) in [6.45, 7) is 6.87. The third kappa shape index (κ3) is 14.0. The fraction of sp³-hybridized carbons (Fsp3) is 0.933. The summed E-state index contributed by atoms with van der Waals surface area (Å²) < 4.78 is 0. The van der Waals surface area contributed by atoms with Crippen molar-refractivity contribution in [1.29, 1.82) is 0 Å². The molecule has 0 atom stereocenters. The van der Waals surface area contributed by atoms with Crippen LogP contribution in [-0.2, 0) is 0 Å². The molecule has 0 heterocycles. The van der Waals surface area contributed by atoms with Crippen molar-refractivity contribution in [2.45, 2.75) is 85.0 Å². The largest absolute Gasteiger partial charge is 0.0654 e. The third-order valence-electron chi connectivity index (χ3n) is 2.90. The van der Waals surface area contributed by atoms with Gasteiger partial charge in [-0.2, -0.15) is 0 Å². The van der Waals surface area contributed by atoms with Gasteiger partial charge in [0.15, 0.2) is 0 Å². The maximum absolute atomic E-state index is 2.47. The molecule has 0 saturated carbocycles. The first-order chi connectivity index (χ1) is 7.27. The Balaban J connectivity index is 2.87. The van der Waals surface area contributed by atoms with Gasteiger partial charge in [-0.05, 0) is 18.8 Å². The first-order valence-corrected chi connectivity index (χ1v) is 7.09. The molecule has 0 spiro atoms. The molecule has 0 saturated heterocycles. The summed E-state index contributed by atoms with van der Waals surface area (Å²) in [6.07, 6.45) is 16.6. The molecule has 0 bridgehead atoms. The van der Waals surface area contributed by atoms with Crippen LogP contribution in [0, 0.1) is 12.3 Å². The maximum Gasteiger partial charge on any atom is -0.0383 e. The summed E-state index contributed by atoms with van der Waals surface area (Å²) in [7, 11) is 0. The van der Waals surface area contributed by atoms with Crippen molar-refractivity contribution in [1.82, 2.24) is 0 Å². The number of hydrogen-bond donors (Lipinski definition) is 0. The van der Waals surface area contributed by atoms with E-state index in [9.17, 15) is 0 Å². The van der Waals surface area contributed by atoms with Gasteiger partial charge in [-0.1, -0.05) is 78.6 Å². The Bertz CT molecular complexity index is 105. The molecule has 0 aromatic rings. The fourth-order valence-corrected chi connectivity index (χ4v) is 1.87. The minimum Gasteiger partial charge on any atom is -0.0654 e. The molecule has 0 unspecified atom stereocenters. The molecule has 0 rings (SSSR count). The Morgan fingerprint density at radius 2 is 1.33 bits per heavy atom. The van der Waals surface area contributed by atoms with Crippen molar-refractivity contribution in [3.05, 3.63) is 6.42 Å². The normalized spacial score (nSPS) is 11.2. The highest BCUT2D eigenvalue weighted by molar-refractivity contribution is 4.66. The second kappa shape index (κ2) is 12.1. The lowest BCUT2D eigenvalue weighted by Gasteiger charge is -2.04. The Hall–Kier alpha value is 0. The second-order valence-corrected chi connectivity index (χ2v) is 5.18. The van der Waals surface area contributed by atoms with Crippen LogP contribution in [0.1, 0.15) is 85.0 Å². The standard InChI is InChI=1S/C15H31/c1-4-5-6-7-8-9-10-11-12-13-14-15(2)3/h13,15H,4-12,14H2,1-3H3. The van der Waals surface area contributed by atoms with Gasteiger partial charge in [0, 0.05) is 0 Å². The van der Waals surface area contributed by atoms with E-state index in [0.29, 0.717) is 0 Å². The van der Waals surface area contributed by atoms with Gasteiger partial charge in [0.1, 0.15) is 0 Å². The van der Waals surface area contributed by atoms with Crippen LogP contribution in [-0.4, -0.2) is 0 Å². The monoisotopic (exact) mass is 211 g/mol. The molecule has 15 heavy (non-hydrogen) atoms. The number of unbranched alkanes of at least 4 members (excludes halogenated alkanes) is 9. The topological polar surface area (TPSA) is 0 Å². The molecule has 0 N–H and O–H groups in total. The van der Waals surface area contributed by atoms with E-state index in [4.69, 9.17) is 0 Å². The van der Waals surface area contributed by atoms with Gasteiger partial charge in [0.25, 0.3) is 0 Å². The molecule has 0 aromatic carbocycles. The van der Waals surface area contributed by atoms with Crippen molar-refractivity contribution in [3.63, 3.8) is 0 Å². The van der Waals surface area contributed by atoms with Crippen LogP contribution in [0.3, 0.4) is 0 Å². The van der Waals surface area contributed by atoms with Crippen molar-refractivity contribution < 1.29 is 0 Å². The van der Waals surface area contributed by atoms with E-state index in [-0.39, 0.29) is 0 Å². The van der Waals surface area contributed by atoms with Gasteiger partial charge in [0.2, 0.25) is 0 Å². The lowest BCUT2D eigenvalue weighted by Crippen LogP contribution is -1.88. The zero-order valence-corrected chi connectivity index (χ0v) is 11.2. The molecular weight excluding hydrogens is 180 g/mol. The van der Waals surface area contributed by atoms with Crippen LogP contribution >= 0.6 is 0 Å². The Morgan fingerprint density at radius 1 is 0.800 bits per heavy atom. The van der Waals surface area contributed by atoms with Crippen molar-refractivity contribution in [3.8, 4) is 0 Å². The minimum atomic E-state index is 0.846. The zero-order valence-electron chi connectivity index (χ0n) is 11.2. The maximum atomic E-state index is 2.47. The summed E-state index contributed by atoms with van der Waals surface area (Å²) in [5.74, 6) is 0.846. The lowest BCUT2D eigenvalue weighted by atomic mass is 10.0. The molecule has 0 heteroatoms. The van der Waals surface area contributed by atoms with Crippen molar-refractivity contribution in [2.75, 3.05) is 0 Å². The quantitative estimate of drug-likeness (QED) is 0.381. The average molecular weight is 211 g/mol. The predicted octanol–water partition coefficient (Wildman–Crippen LogP) is 5.77. The minimum absolute atomic E-state index is 0.846. The summed E-state index contributed by atoms with van der Waals surface area (Å²) >= 11 is 0. The van der Waals surface area contributed by atoms with E-state index >= 15 is 0 Å². The summed E-state index contributed by atoms with van der Waals surface area (Å²) in [5.41, 5.74) is 0. The van der Waals surface area contributed by atoms with Crippen LogP contribution in [0.15, 0.2) is 0 Å². The summed E-state index contributed by atoms with van der Waals surface area (Å²) in [6, 6.07) is 0. The highest BCUT2D eigenvalue weighted by atomic mass is 14.0. The van der Waals surface area contributed by atoms with E-state index in [1.165, 1.54) is 64.2 Å². The van der Waals surface area contributed by atoms with Crippen LogP contribution in [0.2, 0.25) is 0 Å². The molecule has 0 aromatic heterocycles. The van der Waals surface area contributed by atoms with Gasteiger partial charge in [-0.15, -0.1) is 0 Å². The first-order valence-electron chi connectivity index (χ1n) is 7.09. The smallest absolute Gasteiger partial charge is 0.0383 e. The highest BCUT2D eigenvalue weighted by Crippen LogP contribution is 2.12. The summed E-state index contributed by atoms with van der Waals surface area (Å²) in [5, 5.41) is 0. The van der Waals surface area contributed by atoms with Crippen LogP contribution in [0.5, 0.6) is 0 Å². The van der Waals surface area contributed by atoms with Gasteiger partial charge in [-0.25, -0.2) is 0 Å². The third-order valence-corrected chi connectivity index (χ3v) is 2.90. The molecular formula is C15H31. The van der Waals surface area contributed by atoms with Gasteiger partial charge >= 0.3 is 0 Å². The van der Waals surface area contributed by atoms with Crippen molar-refractivity contribution in [2.24, 2.45) is 5.92 Å². The van der Waals surface area contributed by atoms with E-state index in [0.717, 1.165) is 5.92 Å². The molecule has 0 aliphatic heterocycles. The SMILES string of the molecule is CCCCCCCCCC[CH]CC(C)C. The van der Waals surface area contributed by atoms with Crippen LogP contribution in [0.4, 0.5) is 0 Å². The van der Waals surface area contributed by atoms with Crippen LogP contribution < -0.4 is 0 Å². The van der Waals surface area contributed by atoms with E-state index in [1.54, 1.807) is 0 Å². The zero-order chi connectivity index (χ0) is 11.4. The van der Waals surface area contributed by atoms with E-state index in [2.05, 4.69) is 27.2 Å². The van der Waals surface area contributed by atoms with E-state index < -0.39 is 0 Å². The Labute approximate surface area is 97.8 Å². The molecule has 0 nitrogen and oxygen atoms in total. The molecule has 0 fully saturated rings. The highest BCUT2D eigenvalue weighted by Gasteiger charge is 1.95. The van der Waals surface area contributed by atoms with Gasteiger partial charge in [0.05, 0.1) is 0 Å². The van der Waals surface area contributed by atoms with Crippen molar-refractivity contribution >= 4 is 0 Å². The molecule has 91 valence electrons. The average Bonchev–Trinajstić information content (AvgIpc) is 2.20. The molecule has 0 aliphatic rings. The molecule has 1 radical (unpaired) electrons. The van der Waals surface area contributed by atoms with Gasteiger partial charge < -0.3 is 0 Å². The lowest BCUT2D eigenvalue weighted by molar-refractivity contribution is 0.560. The van der Waals surface area contributed by atoms with Crippen LogP contribution in [0.25, 0.3) is 0 Å². The fourth-order valence-electron chi connectivity index (χ4n) is 1.87. The number of hydrogen-bond acceptors (Lipinski definition) is 0. The number of rotatable bonds is 11. The predicted molar refractivity (Wildman–Crippen MR) is 71.0 cm³/mol. The first kappa shape index (κ1) is 15.0. The molecule has 0 aliphatic carbocycles. The Kier molecular flexibility index (Phi) is 12.1. The summed E-state index contributed by atoms with van der Waals surface area (Å²) in [4.78, 5) is 0. The second-order valence-electron chi connectivity index (χ2n) is 5.18. The molecule has 0 amide bonds. The Morgan fingerprint density at radius 3 is 1.87 bits per heavy atom. The van der Waals surface area contributed by atoms with Gasteiger partial charge in [-0.3, -0.25) is 0 Å².